The molecule has 0 radical (unpaired) electrons. The van der Waals surface area contributed by atoms with Crippen LogP contribution in [0.1, 0.15) is 24.0 Å². The molecule has 2 amide bonds. The van der Waals surface area contributed by atoms with Crippen molar-refractivity contribution in [3.8, 4) is 17.0 Å². The molecular weight excluding hydrogens is 475 g/mol. The van der Waals surface area contributed by atoms with E-state index in [1.54, 1.807) is 37.4 Å². The molecule has 3 saturated heterocycles. The first-order valence-corrected chi connectivity index (χ1v) is 12.7. The monoisotopic (exact) mass is 506 g/mol. The number of halogens is 1. The molecular formula is C27H31FN6O3. The van der Waals surface area contributed by atoms with E-state index in [4.69, 9.17) is 14.5 Å². The molecule has 5 heterocycles. The Kier molecular flexibility index (Phi) is 6.08. The number of anilines is 1. The number of H-pyrrole nitrogens is 1. The molecule has 3 fully saturated rings. The van der Waals surface area contributed by atoms with Gasteiger partial charge in [-0.05, 0) is 49.1 Å². The van der Waals surface area contributed by atoms with Crippen LogP contribution in [-0.2, 0) is 11.3 Å². The predicted molar refractivity (Wildman–Crippen MR) is 136 cm³/mol. The third kappa shape index (κ3) is 4.14. The van der Waals surface area contributed by atoms with E-state index in [2.05, 4.69) is 15.1 Å². The summed E-state index contributed by atoms with van der Waals surface area (Å²) in [5.41, 5.74) is 2.69. The number of benzene rings is 1. The number of nitrogens with one attached hydrogen (secondary N) is 1. The first kappa shape index (κ1) is 23.9. The summed E-state index contributed by atoms with van der Waals surface area (Å²) < 4.78 is 25.4. The highest BCUT2D eigenvalue weighted by molar-refractivity contribution is 5.95. The lowest BCUT2D eigenvalue weighted by Gasteiger charge is -2.47. The summed E-state index contributed by atoms with van der Waals surface area (Å²) >= 11 is 0. The normalized spacial score (nSPS) is 20.0. The van der Waals surface area contributed by atoms with E-state index < -0.39 is 0 Å². The van der Waals surface area contributed by atoms with Gasteiger partial charge in [0, 0.05) is 37.0 Å². The zero-order chi connectivity index (χ0) is 25.6. The summed E-state index contributed by atoms with van der Waals surface area (Å²) in [4.78, 5) is 24.9. The summed E-state index contributed by atoms with van der Waals surface area (Å²) in [5, 5.41) is 6.83. The number of ether oxygens (including phenoxy) is 2. The fourth-order valence-electron chi connectivity index (χ4n) is 5.73. The van der Waals surface area contributed by atoms with Crippen molar-refractivity contribution < 1.29 is 18.7 Å². The lowest BCUT2D eigenvalue weighted by molar-refractivity contribution is -0.0813. The number of aromatic nitrogens is 3. The van der Waals surface area contributed by atoms with Crippen molar-refractivity contribution in [2.45, 2.75) is 37.9 Å². The summed E-state index contributed by atoms with van der Waals surface area (Å²) in [5.74, 6) is 0.720. The third-order valence-corrected chi connectivity index (χ3v) is 8.19. The first-order valence-electron chi connectivity index (χ1n) is 12.7. The van der Waals surface area contributed by atoms with E-state index in [0.29, 0.717) is 36.4 Å². The quantitative estimate of drug-likeness (QED) is 0.550. The Morgan fingerprint density at radius 1 is 1.22 bits per heavy atom. The van der Waals surface area contributed by atoms with Gasteiger partial charge in [-0.3, -0.25) is 14.9 Å². The second-order valence-corrected chi connectivity index (χ2v) is 10.1. The maximum absolute atomic E-state index is 14.4. The Bertz CT molecular complexity index is 1290. The molecule has 3 aliphatic rings. The van der Waals surface area contributed by atoms with Crippen LogP contribution >= 0.6 is 0 Å². The van der Waals surface area contributed by atoms with Gasteiger partial charge in [-0.1, -0.05) is 12.1 Å². The fraction of sp³-hybridized carbons (Fsp3) is 0.444. The standard InChI is InChI=1S/C27H31FN6O3/c1-18-19(4-3-5-23(18)28)14-34-26(35)33(17-27(34)8-10-32(11-9-27)21-15-37-16-21)24-7-6-22(25(31-24)36-2)20-12-29-30-13-20/h3-7,12-13,21H,8-11,14-17H2,1-2H3,(H,29,30). The van der Waals surface area contributed by atoms with Crippen LogP contribution in [0.4, 0.5) is 15.0 Å². The predicted octanol–water partition coefficient (Wildman–Crippen LogP) is 3.60. The van der Waals surface area contributed by atoms with Crippen LogP contribution in [0.2, 0.25) is 0 Å². The smallest absolute Gasteiger partial charge is 0.326 e. The number of methoxy groups -OCH3 is 1. The van der Waals surface area contributed by atoms with Crippen molar-refractivity contribution in [3.63, 3.8) is 0 Å². The molecule has 9 nitrogen and oxygen atoms in total. The molecule has 0 aliphatic carbocycles. The average Bonchev–Trinajstić information content (AvgIpc) is 3.50. The van der Waals surface area contributed by atoms with E-state index >= 15 is 0 Å². The summed E-state index contributed by atoms with van der Waals surface area (Å²) in [7, 11) is 1.57. The van der Waals surface area contributed by atoms with E-state index in [1.165, 1.54) is 6.07 Å². The van der Waals surface area contributed by atoms with Gasteiger partial charge in [0.15, 0.2) is 0 Å². The fourth-order valence-corrected chi connectivity index (χ4v) is 5.73. The summed E-state index contributed by atoms with van der Waals surface area (Å²) in [6.07, 6.45) is 5.16. The van der Waals surface area contributed by atoms with Crippen LogP contribution in [0.25, 0.3) is 11.1 Å². The number of amides is 2. The molecule has 0 bridgehead atoms. The first-order chi connectivity index (χ1) is 18.0. The van der Waals surface area contributed by atoms with Crippen LogP contribution in [-0.4, -0.2) is 82.6 Å². The third-order valence-electron chi connectivity index (χ3n) is 8.19. The zero-order valence-electron chi connectivity index (χ0n) is 21.1. The van der Waals surface area contributed by atoms with Gasteiger partial charge in [0.2, 0.25) is 5.88 Å². The lowest BCUT2D eigenvalue weighted by Crippen LogP contribution is -2.59. The van der Waals surface area contributed by atoms with Crippen LogP contribution in [0.5, 0.6) is 5.88 Å². The number of piperidine rings is 1. The van der Waals surface area contributed by atoms with E-state index in [-0.39, 0.29) is 17.4 Å². The van der Waals surface area contributed by atoms with Crippen LogP contribution in [0, 0.1) is 12.7 Å². The van der Waals surface area contributed by atoms with Gasteiger partial charge < -0.3 is 14.4 Å². The van der Waals surface area contributed by atoms with Crippen LogP contribution in [0.3, 0.4) is 0 Å². The number of pyridine rings is 1. The minimum absolute atomic E-state index is 0.116. The molecule has 2 aromatic heterocycles. The highest BCUT2D eigenvalue weighted by Gasteiger charge is 2.52. The molecule has 3 aliphatic heterocycles. The number of carbonyl (C=O) groups excluding carboxylic acids is 1. The maximum atomic E-state index is 14.4. The maximum Gasteiger partial charge on any atom is 0.326 e. The number of likely N-dealkylation sites (tertiary alicyclic amines) is 1. The molecule has 1 spiro atoms. The Morgan fingerprint density at radius 3 is 2.70 bits per heavy atom. The Hall–Kier alpha value is -3.50. The highest BCUT2D eigenvalue weighted by Crippen LogP contribution is 2.41. The zero-order valence-corrected chi connectivity index (χ0v) is 21.1. The van der Waals surface area contributed by atoms with Crippen molar-refractivity contribution in [1.29, 1.82) is 0 Å². The molecule has 6 rings (SSSR count). The van der Waals surface area contributed by atoms with Gasteiger partial charge in [0.25, 0.3) is 0 Å². The number of carbonyl (C=O) groups is 1. The van der Waals surface area contributed by atoms with Crippen molar-refractivity contribution in [1.82, 2.24) is 25.0 Å². The van der Waals surface area contributed by atoms with Gasteiger partial charge in [0.05, 0.1) is 44.6 Å². The SMILES string of the molecule is COc1nc(N2CC3(CCN(C4COC4)CC3)N(Cc3cccc(F)c3C)C2=O)ccc1-c1cn[nH]c1. The van der Waals surface area contributed by atoms with Crippen molar-refractivity contribution in [2.24, 2.45) is 0 Å². The molecule has 194 valence electrons. The number of urea groups is 1. The van der Waals surface area contributed by atoms with E-state index in [0.717, 1.165) is 55.8 Å². The largest absolute Gasteiger partial charge is 0.480 e. The van der Waals surface area contributed by atoms with Crippen molar-refractivity contribution in [2.75, 3.05) is 44.9 Å². The highest BCUT2D eigenvalue weighted by atomic mass is 19.1. The molecule has 0 atom stereocenters. The van der Waals surface area contributed by atoms with Crippen molar-refractivity contribution >= 4 is 11.8 Å². The van der Waals surface area contributed by atoms with Gasteiger partial charge >= 0.3 is 6.03 Å². The molecule has 1 aromatic carbocycles. The van der Waals surface area contributed by atoms with Crippen LogP contribution in [0.15, 0.2) is 42.7 Å². The molecule has 0 unspecified atom stereocenters. The Balaban J connectivity index is 1.33. The molecule has 10 heteroatoms. The average molecular weight is 507 g/mol. The summed E-state index contributed by atoms with van der Waals surface area (Å²) in [6, 6.07) is 9.19. The molecule has 0 saturated carbocycles. The van der Waals surface area contributed by atoms with Gasteiger partial charge in [-0.15, -0.1) is 0 Å². The Labute approximate surface area is 215 Å². The number of hydrogen-bond acceptors (Lipinski definition) is 6. The summed E-state index contributed by atoms with van der Waals surface area (Å²) in [6.45, 7) is 5.99. The molecule has 1 N–H and O–H groups in total. The second kappa shape index (κ2) is 9.42. The minimum atomic E-state index is -0.366. The number of rotatable bonds is 6. The van der Waals surface area contributed by atoms with Gasteiger partial charge in [-0.2, -0.15) is 10.1 Å². The van der Waals surface area contributed by atoms with E-state index in [1.807, 2.05) is 23.1 Å². The lowest BCUT2D eigenvalue weighted by atomic mass is 9.85. The molecule has 37 heavy (non-hydrogen) atoms. The van der Waals surface area contributed by atoms with Crippen LogP contribution < -0.4 is 9.64 Å². The number of nitrogens with zero attached hydrogens (tertiary/aromatic N) is 5. The van der Waals surface area contributed by atoms with E-state index in [9.17, 15) is 9.18 Å². The topological polar surface area (TPSA) is 86.8 Å². The van der Waals surface area contributed by atoms with Gasteiger partial charge in [0.1, 0.15) is 11.6 Å². The molecule has 3 aromatic rings. The van der Waals surface area contributed by atoms with Crippen molar-refractivity contribution in [3.05, 3.63) is 59.7 Å². The van der Waals surface area contributed by atoms with Gasteiger partial charge in [-0.25, -0.2) is 9.18 Å². The minimum Gasteiger partial charge on any atom is -0.480 e. The number of hydrogen-bond donors (Lipinski definition) is 1. The Morgan fingerprint density at radius 2 is 2.03 bits per heavy atom. The number of aromatic amines is 1. The second-order valence-electron chi connectivity index (χ2n) is 10.1.